The van der Waals surface area contributed by atoms with Crippen molar-refractivity contribution in [1.82, 2.24) is 19.6 Å². The van der Waals surface area contributed by atoms with E-state index in [1.165, 1.54) is 10.7 Å². The zero-order chi connectivity index (χ0) is 18.1. The molecule has 5 nitrogen and oxygen atoms in total. The Labute approximate surface area is 149 Å². The van der Waals surface area contributed by atoms with E-state index in [0.717, 1.165) is 6.07 Å². The van der Waals surface area contributed by atoms with E-state index in [4.69, 9.17) is 11.6 Å². The van der Waals surface area contributed by atoms with Crippen molar-refractivity contribution in [3.63, 3.8) is 0 Å². The van der Waals surface area contributed by atoms with Crippen LogP contribution < -0.4 is 0 Å². The van der Waals surface area contributed by atoms with Gasteiger partial charge in [0.05, 0.1) is 10.7 Å². The van der Waals surface area contributed by atoms with Crippen molar-refractivity contribution < 1.29 is 13.6 Å². The highest BCUT2D eigenvalue weighted by Gasteiger charge is 2.27. The van der Waals surface area contributed by atoms with Crippen molar-refractivity contribution in [2.24, 2.45) is 7.05 Å². The normalized spacial score (nSPS) is 15.6. The molecule has 1 fully saturated rings. The predicted molar refractivity (Wildman–Crippen MR) is 90.5 cm³/mol. The van der Waals surface area contributed by atoms with Crippen LogP contribution in [0.3, 0.4) is 0 Å². The minimum absolute atomic E-state index is 0.162. The second kappa shape index (κ2) is 7.09. The van der Waals surface area contributed by atoms with Crippen LogP contribution in [-0.2, 0) is 13.6 Å². The van der Waals surface area contributed by atoms with Gasteiger partial charge in [-0.25, -0.2) is 8.78 Å². The lowest BCUT2D eigenvalue weighted by molar-refractivity contribution is 0.0616. The zero-order valence-corrected chi connectivity index (χ0v) is 14.9. The fourth-order valence-electron chi connectivity index (χ4n) is 3.03. The lowest BCUT2D eigenvalue weighted by Gasteiger charge is -2.34. The highest BCUT2D eigenvalue weighted by atomic mass is 35.5. The molecule has 25 heavy (non-hydrogen) atoms. The molecule has 1 amide bonds. The molecular formula is C17H19ClF2N4O. The minimum atomic E-state index is -0.840. The number of rotatable bonds is 3. The van der Waals surface area contributed by atoms with E-state index in [-0.39, 0.29) is 5.91 Å². The van der Waals surface area contributed by atoms with Gasteiger partial charge in [0.15, 0.2) is 11.6 Å². The average Bonchev–Trinajstić information content (AvgIpc) is 2.84. The molecule has 0 spiro atoms. The highest BCUT2D eigenvalue weighted by molar-refractivity contribution is 6.34. The number of halogens is 3. The largest absolute Gasteiger partial charge is 0.335 e. The van der Waals surface area contributed by atoms with Gasteiger partial charge in [-0.1, -0.05) is 23.7 Å². The minimum Gasteiger partial charge on any atom is -0.335 e. The number of carbonyl (C=O) groups excluding carboxylic acids is 1. The molecule has 0 radical (unpaired) electrons. The Kier molecular flexibility index (Phi) is 5.06. The number of aromatic nitrogens is 2. The van der Waals surface area contributed by atoms with E-state index in [2.05, 4.69) is 5.10 Å². The van der Waals surface area contributed by atoms with Crippen molar-refractivity contribution in [2.45, 2.75) is 13.5 Å². The fraction of sp³-hybridized carbons (Fsp3) is 0.412. The van der Waals surface area contributed by atoms with Crippen LogP contribution in [0.2, 0.25) is 5.02 Å². The van der Waals surface area contributed by atoms with E-state index >= 15 is 0 Å². The standard InChI is InChI=1S/C17H19ClF2N4O/c1-11-14(18)16(22(2)21-11)17(25)24-8-6-23(7-9-24)10-12-4-3-5-13(19)15(12)20/h3-5H,6-10H2,1-2H3. The number of carbonyl (C=O) groups is 1. The first-order valence-electron chi connectivity index (χ1n) is 8.02. The highest BCUT2D eigenvalue weighted by Crippen LogP contribution is 2.22. The fourth-order valence-corrected chi connectivity index (χ4v) is 3.28. The quantitative estimate of drug-likeness (QED) is 0.836. The molecule has 0 aliphatic carbocycles. The zero-order valence-electron chi connectivity index (χ0n) is 14.1. The summed E-state index contributed by atoms with van der Waals surface area (Å²) in [6.45, 7) is 4.22. The van der Waals surface area contributed by atoms with E-state index in [0.29, 0.717) is 54.7 Å². The lowest BCUT2D eigenvalue weighted by Crippen LogP contribution is -2.48. The molecule has 3 rings (SSSR count). The van der Waals surface area contributed by atoms with Gasteiger partial charge in [0.1, 0.15) is 5.69 Å². The summed E-state index contributed by atoms with van der Waals surface area (Å²) in [6.07, 6.45) is 0. The van der Waals surface area contributed by atoms with Gasteiger partial charge >= 0.3 is 0 Å². The molecule has 0 N–H and O–H groups in total. The van der Waals surface area contributed by atoms with Crippen LogP contribution in [0.1, 0.15) is 21.7 Å². The maximum atomic E-state index is 13.8. The SMILES string of the molecule is Cc1nn(C)c(C(=O)N2CCN(Cc3cccc(F)c3F)CC2)c1Cl. The Morgan fingerprint density at radius 3 is 2.52 bits per heavy atom. The molecule has 1 saturated heterocycles. The molecule has 1 aromatic carbocycles. The van der Waals surface area contributed by atoms with Gasteiger partial charge in [0.25, 0.3) is 5.91 Å². The number of benzene rings is 1. The topological polar surface area (TPSA) is 41.4 Å². The van der Waals surface area contributed by atoms with Crippen LogP contribution >= 0.6 is 11.6 Å². The molecule has 0 bridgehead atoms. The van der Waals surface area contributed by atoms with E-state index in [9.17, 15) is 13.6 Å². The third-order valence-corrected chi connectivity index (χ3v) is 4.89. The molecule has 0 saturated carbocycles. The Bertz CT molecular complexity index is 800. The Hall–Kier alpha value is -1.99. The summed E-state index contributed by atoms with van der Waals surface area (Å²) in [4.78, 5) is 16.4. The van der Waals surface area contributed by atoms with Crippen molar-refractivity contribution in [3.8, 4) is 0 Å². The van der Waals surface area contributed by atoms with Gasteiger partial charge in [-0.05, 0) is 13.0 Å². The summed E-state index contributed by atoms with van der Waals surface area (Å²) in [5.74, 6) is -1.81. The Morgan fingerprint density at radius 1 is 1.24 bits per heavy atom. The van der Waals surface area contributed by atoms with E-state index in [1.807, 2.05) is 4.90 Å². The maximum absolute atomic E-state index is 13.8. The molecule has 1 aliphatic rings. The third-order valence-electron chi connectivity index (χ3n) is 4.44. The first-order valence-corrected chi connectivity index (χ1v) is 8.40. The Morgan fingerprint density at radius 2 is 1.92 bits per heavy atom. The molecule has 1 aromatic heterocycles. The van der Waals surface area contributed by atoms with Crippen LogP contribution in [0.5, 0.6) is 0 Å². The number of amides is 1. The van der Waals surface area contributed by atoms with Crippen molar-refractivity contribution in [3.05, 3.63) is 51.8 Å². The van der Waals surface area contributed by atoms with Gasteiger partial charge in [0.2, 0.25) is 0 Å². The molecule has 0 atom stereocenters. The molecule has 134 valence electrons. The van der Waals surface area contributed by atoms with Crippen molar-refractivity contribution in [2.75, 3.05) is 26.2 Å². The maximum Gasteiger partial charge on any atom is 0.273 e. The first kappa shape index (κ1) is 17.8. The van der Waals surface area contributed by atoms with Crippen LogP contribution in [0.15, 0.2) is 18.2 Å². The van der Waals surface area contributed by atoms with Gasteiger partial charge in [-0.2, -0.15) is 5.10 Å². The molecule has 2 aromatic rings. The molecule has 2 heterocycles. The first-order chi connectivity index (χ1) is 11.9. The molecule has 0 unspecified atom stereocenters. The summed E-state index contributed by atoms with van der Waals surface area (Å²) in [7, 11) is 1.69. The van der Waals surface area contributed by atoms with E-state index in [1.54, 1.807) is 24.9 Å². The van der Waals surface area contributed by atoms with Gasteiger partial charge < -0.3 is 4.90 Å². The predicted octanol–water partition coefficient (Wildman–Crippen LogP) is 2.62. The van der Waals surface area contributed by atoms with Crippen LogP contribution in [0.4, 0.5) is 8.78 Å². The van der Waals surface area contributed by atoms with Crippen LogP contribution in [0, 0.1) is 18.6 Å². The second-order valence-corrected chi connectivity index (χ2v) is 6.53. The van der Waals surface area contributed by atoms with Crippen LogP contribution in [0.25, 0.3) is 0 Å². The number of hydrogen-bond donors (Lipinski definition) is 0. The monoisotopic (exact) mass is 368 g/mol. The van der Waals surface area contributed by atoms with Crippen LogP contribution in [-0.4, -0.2) is 51.7 Å². The molecule has 8 heteroatoms. The Balaban J connectivity index is 1.64. The third kappa shape index (κ3) is 3.52. The summed E-state index contributed by atoms with van der Waals surface area (Å²) >= 11 is 6.18. The summed E-state index contributed by atoms with van der Waals surface area (Å²) in [5, 5.41) is 4.54. The molecular weight excluding hydrogens is 350 g/mol. The lowest BCUT2D eigenvalue weighted by atomic mass is 10.1. The summed E-state index contributed by atoms with van der Waals surface area (Å²) < 4.78 is 28.6. The number of aryl methyl sites for hydroxylation is 2. The van der Waals surface area contributed by atoms with Gasteiger partial charge in [-0.3, -0.25) is 14.4 Å². The second-order valence-electron chi connectivity index (χ2n) is 6.15. The van der Waals surface area contributed by atoms with Crippen molar-refractivity contribution >= 4 is 17.5 Å². The van der Waals surface area contributed by atoms with Gasteiger partial charge in [-0.15, -0.1) is 0 Å². The van der Waals surface area contributed by atoms with E-state index < -0.39 is 11.6 Å². The summed E-state index contributed by atoms with van der Waals surface area (Å²) in [6, 6.07) is 4.18. The number of piperazine rings is 1. The number of nitrogens with zero attached hydrogens (tertiary/aromatic N) is 4. The smallest absolute Gasteiger partial charge is 0.273 e. The van der Waals surface area contributed by atoms with Crippen molar-refractivity contribution in [1.29, 1.82) is 0 Å². The summed E-state index contributed by atoms with van der Waals surface area (Å²) in [5.41, 5.74) is 1.32. The molecule has 1 aliphatic heterocycles. The van der Waals surface area contributed by atoms with Gasteiger partial charge in [0, 0.05) is 45.3 Å². The number of hydrogen-bond acceptors (Lipinski definition) is 3. The average molecular weight is 369 g/mol.